The molecule has 1 aliphatic heterocycles. The van der Waals surface area contributed by atoms with Crippen LogP contribution in [0.3, 0.4) is 0 Å². The Morgan fingerprint density at radius 1 is 1.40 bits per heavy atom. The second-order valence-electron chi connectivity index (χ2n) is 4.30. The van der Waals surface area contributed by atoms with E-state index in [-0.39, 0.29) is 11.1 Å². The van der Waals surface area contributed by atoms with Gasteiger partial charge in [0.25, 0.3) is 11.1 Å². The molecule has 1 saturated heterocycles. The van der Waals surface area contributed by atoms with Crippen LogP contribution in [-0.4, -0.2) is 30.2 Å². The summed E-state index contributed by atoms with van der Waals surface area (Å²) in [6.07, 6.45) is 4.20. The van der Waals surface area contributed by atoms with E-state index in [0.717, 1.165) is 33.5 Å². The summed E-state index contributed by atoms with van der Waals surface area (Å²) in [7, 11) is 3.10. The van der Waals surface area contributed by atoms with E-state index < -0.39 is 0 Å². The third-order valence-electron chi connectivity index (χ3n) is 2.95. The number of imide groups is 1. The van der Waals surface area contributed by atoms with Crippen LogP contribution in [0.25, 0.3) is 6.08 Å². The Balaban J connectivity index is 2.34. The molecule has 0 unspecified atom stereocenters. The van der Waals surface area contributed by atoms with Gasteiger partial charge < -0.3 is 4.74 Å². The number of rotatable bonds is 4. The molecule has 1 fully saturated rings. The average molecular weight is 289 g/mol. The van der Waals surface area contributed by atoms with E-state index in [1.807, 2.05) is 18.2 Å². The number of carbonyl (C=O) groups excluding carboxylic acids is 2. The van der Waals surface area contributed by atoms with Crippen molar-refractivity contribution in [3.8, 4) is 5.75 Å². The monoisotopic (exact) mass is 289 g/mol. The first-order chi connectivity index (χ1) is 9.56. The molecule has 20 heavy (non-hydrogen) atoms. The van der Waals surface area contributed by atoms with E-state index in [1.54, 1.807) is 19.3 Å². The van der Waals surface area contributed by atoms with Crippen molar-refractivity contribution in [1.82, 2.24) is 4.90 Å². The van der Waals surface area contributed by atoms with E-state index in [2.05, 4.69) is 6.58 Å². The smallest absolute Gasteiger partial charge is 0.293 e. The number of methoxy groups -OCH3 is 1. The van der Waals surface area contributed by atoms with Gasteiger partial charge in [-0.15, -0.1) is 6.58 Å². The number of amides is 2. The fourth-order valence-electron chi connectivity index (χ4n) is 1.90. The van der Waals surface area contributed by atoms with Crippen LogP contribution in [0.5, 0.6) is 5.75 Å². The van der Waals surface area contributed by atoms with Gasteiger partial charge in [-0.2, -0.15) is 0 Å². The summed E-state index contributed by atoms with van der Waals surface area (Å²) in [5.74, 6) is 0.520. The zero-order valence-electron chi connectivity index (χ0n) is 11.4. The Morgan fingerprint density at radius 3 is 2.70 bits per heavy atom. The number of nitrogens with zero attached hydrogens (tertiary/aromatic N) is 1. The van der Waals surface area contributed by atoms with Crippen molar-refractivity contribution in [2.24, 2.45) is 0 Å². The largest absolute Gasteiger partial charge is 0.496 e. The highest BCUT2D eigenvalue weighted by Gasteiger charge is 2.31. The van der Waals surface area contributed by atoms with Gasteiger partial charge in [-0.1, -0.05) is 12.1 Å². The van der Waals surface area contributed by atoms with Gasteiger partial charge in [0.05, 0.1) is 12.0 Å². The Hall–Kier alpha value is -2.01. The van der Waals surface area contributed by atoms with Crippen molar-refractivity contribution in [2.45, 2.75) is 6.42 Å². The van der Waals surface area contributed by atoms with Crippen molar-refractivity contribution in [3.63, 3.8) is 0 Å². The molecule has 0 saturated carbocycles. The Kier molecular flexibility index (Phi) is 4.29. The first-order valence-electron chi connectivity index (χ1n) is 6.06. The van der Waals surface area contributed by atoms with Crippen LogP contribution >= 0.6 is 11.8 Å². The number of likely N-dealkylation sites (N-methyl/N-ethyl adjacent to an activating group) is 1. The number of allylic oxidation sites excluding steroid dienone is 1. The van der Waals surface area contributed by atoms with Gasteiger partial charge in [0.2, 0.25) is 0 Å². The highest BCUT2D eigenvalue weighted by atomic mass is 32.2. The predicted molar refractivity (Wildman–Crippen MR) is 80.6 cm³/mol. The molecule has 0 radical (unpaired) electrons. The SMILES string of the molecule is C=CCc1cc(/C=C2\SC(=O)N(C)C2=O)ccc1OC. The molecular formula is C15H15NO3S. The van der Waals surface area contributed by atoms with Crippen molar-refractivity contribution in [3.05, 3.63) is 46.9 Å². The fourth-order valence-corrected chi connectivity index (χ4v) is 2.73. The highest BCUT2D eigenvalue weighted by molar-refractivity contribution is 8.18. The Bertz CT molecular complexity index is 607. The number of hydrogen-bond donors (Lipinski definition) is 0. The second-order valence-corrected chi connectivity index (χ2v) is 5.30. The van der Waals surface area contributed by atoms with Crippen LogP contribution in [0.1, 0.15) is 11.1 Å². The lowest BCUT2D eigenvalue weighted by Gasteiger charge is -2.07. The van der Waals surface area contributed by atoms with Crippen LogP contribution in [-0.2, 0) is 11.2 Å². The molecular weight excluding hydrogens is 274 g/mol. The van der Waals surface area contributed by atoms with Crippen LogP contribution in [0.15, 0.2) is 35.8 Å². The van der Waals surface area contributed by atoms with Crippen LogP contribution in [0.2, 0.25) is 0 Å². The molecule has 104 valence electrons. The average Bonchev–Trinajstić information content (AvgIpc) is 2.67. The summed E-state index contributed by atoms with van der Waals surface area (Å²) >= 11 is 0.953. The van der Waals surface area contributed by atoms with E-state index in [1.165, 1.54) is 7.05 Å². The first-order valence-corrected chi connectivity index (χ1v) is 6.88. The molecule has 1 heterocycles. The molecule has 2 rings (SSSR count). The molecule has 0 atom stereocenters. The maximum Gasteiger partial charge on any atom is 0.293 e. The maximum absolute atomic E-state index is 11.8. The number of benzene rings is 1. The third-order valence-corrected chi connectivity index (χ3v) is 3.91. The summed E-state index contributed by atoms with van der Waals surface area (Å²) in [6, 6.07) is 5.64. The van der Waals surface area contributed by atoms with Gasteiger partial charge in [0, 0.05) is 7.05 Å². The van der Waals surface area contributed by atoms with Crippen molar-refractivity contribution in [2.75, 3.05) is 14.2 Å². The zero-order chi connectivity index (χ0) is 14.7. The lowest BCUT2D eigenvalue weighted by Crippen LogP contribution is -2.22. The van der Waals surface area contributed by atoms with E-state index >= 15 is 0 Å². The van der Waals surface area contributed by atoms with Gasteiger partial charge in [0.1, 0.15) is 5.75 Å². The minimum absolute atomic E-state index is 0.249. The summed E-state index contributed by atoms with van der Waals surface area (Å²) in [6.45, 7) is 3.72. The molecule has 0 spiro atoms. The number of thioether (sulfide) groups is 1. The summed E-state index contributed by atoms with van der Waals surface area (Å²) < 4.78 is 5.28. The second kappa shape index (κ2) is 5.96. The molecule has 4 nitrogen and oxygen atoms in total. The molecule has 0 bridgehead atoms. The Morgan fingerprint density at radius 2 is 2.15 bits per heavy atom. The highest BCUT2D eigenvalue weighted by Crippen LogP contribution is 2.31. The summed E-state index contributed by atoms with van der Waals surface area (Å²) in [5, 5.41) is -0.249. The van der Waals surface area contributed by atoms with Crippen LogP contribution in [0.4, 0.5) is 4.79 Å². The van der Waals surface area contributed by atoms with E-state index in [0.29, 0.717) is 11.3 Å². The van der Waals surface area contributed by atoms with Gasteiger partial charge >= 0.3 is 0 Å². The topological polar surface area (TPSA) is 46.6 Å². The maximum atomic E-state index is 11.8. The van der Waals surface area contributed by atoms with Crippen LogP contribution < -0.4 is 4.74 Å². The molecule has 1 aliphatic rings. The standard InChI is InChI=1S/C15H15NO3S/c1-4-5-11-8-10(6-7-12(11)19-3)9-13-14(17)16(2)15(18)20-13/h4,6-9H,1,5H2,2-3H3/b13-9-. The third kappa shape index (κ3) is 2.77. The van der Waals surface area contributed by atoms with Gasteiger partial charge in [-0.25, -0.2) is 0 Å². The first kappa shape index (κ1) is 14.4. The molecule has 2 amide bonds. The number of hydrogen-bond acceptors (Lipinski definition) is 4. The molecule has 0 aliphatic carbocycles. The Labute approximate surface area is 122 Å². The number of ether oxygens (including phenoxy) is 1. The molecule has 0 N–H and O–H groups in total. The predicted octanol–water partition coefficient (Wildman–Crippen LogP) is 3.09. The fraction of sp³-hybridized carbons (Fsp3) is 0.200. The molecule has 1 aromatic rings. The summed E-state index contributed by atoms with van der Waals surface area (Å²) in [4.78, 5) is 24.8. The minimum Gasteiger partial charge on any atom is -0.496 e. The van der Waals surface area contributed by atoms with Crippen molar-refractivity contribution < 1.29 is 14.3 Å². The lowest BCUT2D eigenvalue weighted by molar-refractivity contribution is -0.121. The zero-order valence-corrected chi connectivity index (χ0v) is 12.2. The summed E-state index contributed by atoms with van der Waals surface area (Å²) in [5.41, 5.74) is 1.86. The molecule has 1 aromatic carbocycles. The van der Waals surface area contributed by atoms with Gasteiger partial charge in [0.15, 0.2) is 0 Å². The van der Waals surface area contributed by atoms with Crippen molar-refractivity contribution in [1.29, 1.82) is 0 Å². The molecule has 5 heteroatoms. The van der Waals surface area contributed by atoms with Crippen LogP contribution in [0, 0.1) is 0 Å². The number of carbonyl (C=O) groups is 2. The molecule has 0 aromatic heterocycles. The van der Waals surface area contributed by atoms with E-state index in [4.69, 9.17) is 4.74 Å². The van der Waals surface area contributed by atoms with Gasteiger partial charge in [-0.3, -0.25) is 14.5 Å². The van der Waals surface area contributed by atoms with Crippen molar-refractivity contribution >= 4 is 29.0 Å². The minimum atomic E-state index is -0.263. The van der Waals surface area contributed by atoms with Gasteiger partial charge in [-0.05, 0) is 47.5 Å². The lowest BCUT2D eigenvalue weighted by atomic mass is 10.1. The quantitative estimate of drug-likeness (QED) is 0.631. The normalized spacial score (nSPS) is 16.9. The van der Waals surface area contributed by atoms with E-state index in [9.17, 15) is 9.59 Å².